The average molecular weight is 310 g/mol. The molecule has 0 saturated heterocycles. The van der Waals surface area contributed by atoms with E-state index in [2.05, 4.69) is 9.97 Å². The first-order valence-electron chi connectivity index (χ1n) is 6.22. The van der Waals surface area contributed by atoms with Crippen LogP contribution in [-0.4, -0.2) is 27.7 Å². The standard InChI is InChI=1S/C10H8N2.C5H5F3O2/c1-3-7-11-9(5-1)10-6-2-4-8-12-10;1-3(9)2-4(10)5(6,7)8/h1-8H;2H2,1H3. The van der Waals surface area contributed by atoms with Crippen molar-refractivity contribution >= 4 is 11.6 Å². The molecule has 0 atom stereocenters. The predicted octanol–water partition coefficient (Wildman–Crippen LogP) is 3.24. The van der Waals surface area contributed by atoms with Gasteiger partial charge >= 0.3 is 6.18 Å². The molecule has 0 radical (unpaired) electrons. The van der Waals surface area contributed by atoms with E-state index < -0.39 is 24.2 Å². The number of alkyl halides is 3. The molecule has 0 saturated carbocycles. The fraction of sp³-hybridized carbons (Fsp3) is 0.200. The third-order valence-corrected chi connectivity index (χ3v) is 2.32. The minimum absolute atomic E-state index is 0.776. The van der Waals surface area contributed by atoms with Gasteiger partial charge in [-0.3, -0.25) is 19.6 Å². The van der Waals surface area contributed by atoms with Crippen LogP contribution in [0.25, 0.3) is 11.4 Å². The van der Waals surface area contributed by atoms with E-state index in [1.54, 1.807) is 12.4 Å². The van der Waals surface area contributed by atoms with Gasteiger partial charge in [-0.25, -0.2) is 0 Å². The predicted molar refractivity (Wildman–Crippen MR) is 73.8 cm³/mol. The van der Waals surface area contributed by atoms with Crippen molar-refractivity contribution in [2.45, 2.75) is 19.5 Å². The van der Waals surface area contributed by atoms with Crippen LogP contribution in [0.5, 0.6) is 0 Å². The second-order valence-electron chi connectivity index (χ2n) is 4.23. The molecule has 0 amide bonds. The highest BCUT2D eigenvalue weighted by atomic mass is 19.4. The van der Waals surface area contributed by atoms with Crippen molar-refractivity contribution in [2.24, 2.45) is 0 Å². The summed E-state index contributed by atoms with van der Waals surface area (Å²) in [4.78, 5) is 28.3. The number of halogens is 3. The molecule has 0 aliphatic carbocycles. The molecule has 0 aliphatic rings. The van der Waals surface area contributed by atoms with Crippen LogP contribution in [-0.2, 0) is 9.59 Å². The highest BCUT2D eigenvalue weighted by Gasteiger charge is 2.38. The summed E-state index contributed by atoms with van der Waals surface area (Å²) < 4.78 is 33.9. The molecule has 0 aliphatic heterocycles. The van der Waals surface area contributed by atoms with Gasteiger partial charge in [-0.05, 0) is 31.2 Å². The maximum Gasteiger partial charge on any atom is 0.450 e. The number of aromatic nitrogens is 2. The first-order valence-corrected chi connectivity index (χ1v) is 6.22. The van der Waals surface area contributed by atoms with Gasteiger partial charge in [0, 0.05) is 12.4 Å². The quantitative estimate of drug-likeness (QED) is 0.817. The van der Waals surface area contributed by atoms with E-state index in [4.69, 9.17) is 0 Å². The van der Waals surface area contributed by atoms with Crippen LogP contribution in [0, 0.1) is 0 Å². The molecule has 22 heavy (non-hydrogen) atoms. The summed E-state index contributed by atoms with van der Waals surface area (Å²) in [6, 6.07) is 11.6. The van der Waals surface area contributed by atoms with Crippen LogP contribution in [0.3, 0.4) is 0 Å². The van der Waals surface area contributed by atoms with Crippen LogP contribution in [0.4, 0.5) is 13.2 Å². The molecule has 4 nitrogen and oxygen atoms in total. The van der Waals surface area contributed by atoms with Crippen LogP contribution in [0.15, 0.2) is 48.8 Å². The molecule has 0 fully saturated rings. The molecule has 0 unspecified atom stereocenters. The molecule has 0 N–H and O–H groups in total. The number of Topliss-reactive ketones (excluding diaryl/α,β-unsaturated/α-hetero) is 2. The maximum atomic E-state index is 11.3. The molecule has 0 aromatic carbocycles. The van der Waals surface area contributed by atoms with Crippen molar-refractivity contribution in [3.05, 3.63) is 48.8 Å². The van der Waals surface area contributed by atoms with Gasteiger partial charge < -0.3 is 0 Å². The Hall–Kier alpha value is -2.57. The largest absolute Gasteiger partial charge is 0.450 e. The Morgan fingerprint density at radius 1 is 0.955 bits per heavy atom. The molecule has 116 valence electrons. The zero-order valence-electron chi connectivity index (χ0n) is 11.7. The zero-order valence-corrected chi connectivity index (χ0v) is 11.7. The average Bonchev–Trinajstić information content (AvgIpc) is 2.48. The van der Waals surface area contributed by atoms with Crippen LogP contribution in [0.2, 0.25) is 0 Å². The number of hydrogen-bond donors (Lipinski definition) is 0. The van der Waals surface area contributed by atoms with Gasteiger partial charge in [0.2, 0.25) is 5.78 Å². The van der Waals surface area contributed by atoms with E-state index in [1.807, 2.05) is 36.4 Å². The number of ketones is 2. The summed E-state index contributed by atoms with van der Waals surface area (Å²) in [5, 5.41) is 0. The summed E-state index contributed by atoms with van der Waals surface area (Å²) in [6.07, 6.45) is -2.39. The van der Waals surface area contributed by atoms with Crippen molar-refractivity contribution in [2.75, 3.05) is 0 Å². The van der Waals surface area contributed by atoms with Crippen molar-refractivity contribution in [3.63, 3.8) is 0 Å². The number of hydrogen-bond acceptors (Lipinski definition) is 4. The second kappa shape index (κ2) is 8.02. The van der Waals surface area contributed by atoms with Crippen LogP contribution < -0.4 is 0 Å². The van der Waals surface area contributed by atoms with Gasteiger partial charge in [-0.15, -0.1) is 0 Å². The van der Waals surface area contributed by atoms with Gasteiger partial charge in [0.15, 0.2) is 0 Å². The van der Waals surface area contributed by atoms with Crippen molar-refractivity contribution in [1.29, 1.82) is 0 Å². The summed E-state index contributed by atoms with van der Waals surface area (Å²) in [5.74, 6) is -2.76. The van der Waals surface area contributed by atoms with Crippen LogP contribution >= 0.6 is 0 Å². The number of rotatable bonds is 3. The summed E-state index contributed by atoms with van der Waals surface area (Å²) >= 11 is 0. The topological polar surface area (TPSA) is 59.9 Å². The summed E-state index contributed by atoms with van der Waals surface area (Å²) in [5.41, 5.74) is 1.83. The van der Waals surface area contributed by atoms with Gasteiger partial charge in [0.25, 0.3) is 0 Å². The van der Waals surface area contributed by atoms with E-state index in [0.29, 0.717) is 0 Å². The van der Waals surface area contributed by atoms with Crippen LogP contribution in [0.1, 0.15) is 13.3 Å². The lowest BCUT2D eigenvalue weighted by molar-refractivity contribution is -0.171. The van der Waals surface area contributed by atoms with E-state index in [-0.39, 0.29) is 0 Å². The smallest absolute Gasteiger partial charge is 0.300 e. The molecule has 0 bridgehead atoms. The van der Waals surface area contributed by atoms with Crippen molar-refractivity contribution < 1.29 is 22.8 Å². The molecular formula is C15H13F3N2O2. The Balaban J connectivity index is 0.000000225. The molecule has 2 rings (SSSR count). The number of carbonyl (C=O) groups is 2. The van der Waals surface area contributed by atoms with E-state index in [9.17, 15) is 22.8 Å². The number of carbonyl (C=O) groups excluding carboxylic acids is 2. The molecular weight excluding hydrogens is 297 g/mol. The normalized spacial score (nSPS) is 10.4. The van der Waals surface area contributed by atoms with Gasteiger partial charge in [-0.1, -0.05) is 12.1 Å². The molecule has 2 aromatic heterocycles. The van der Waals surface area contributed by atoms with E-state index >= 15 is 0 Å². The highest BCUT2D eigenvalue weighted by Crippen LogP contribution is 2.17. The minimum Gasteiger partial charge on any atom is -0.300 e. The first-order chi connectivity index (χ1) is 10.3. The minimum atomic E-state index is -4.87. The lowest BCUT2D eigenvalue weighted by Gasteiger charge is -2.00. The maximum absolute atomic E-state index is 11.3. The third kappa shape index (κ3) is 6.25. The monoisotopic (exact) mass is 310 g/mol. The lowest BCUT2D eigenvalue weighted by Crippen LogP contribution is -2.24. The summed E-state index contributed by atoms with van der Waals surface area (Å²) in [6.45, 7) is 0.934. The summed E-state index contributed by atoms with van der Waals surface area (Å²) in [7, 11) is 0. The van der Waals surface area contributed by atoms with E-state index in [1.165, 1.54) is 0 Å². The SMILES string of the molecule is CC(=O)CC(=O)C(F)(F)F.c1ccc(-c2ccccn2)nc1. The van der Waals surface area contributed by atoms with Gasteiger partial charge in [0.05, 0.1) is 17.8 Å². The highest BCUT2D eigenvalue weighted by molar-refractivity contribution is 6.00. The van der Waals surface area contributed by atoms with E-state index in [0.717, 1.165) is 18.3 Å². The zero-order chi connectivity index (χ0) is 16.6. The lowest BCUT2D eigenvalue weighted by atomic mass is 10.2. The first kappa shape index (κ1) is 17.5. The molecule has 7 heteroatoms. The Bertz CT molecular complexity index is 576. The Kier molecular flexibility index (Phi) is 6.37. The molecule has 2 heterocycles. The fourth-order valence-corrected chi connectivity index (χ4v) is 1.35. The Morgan fingerprint density at radius 3 is 1.64 bits per heavy atom. The Morgan fingerprint density at radius 2 is 1.41 bits per heavy atom. The van der Waals surface area contributed by atoms with Gasteiger partial charge in [-0.2, -0.15) is 13.2 Å². The Labute approximate surface area is 125 Å². The van der Waals surface area contributed by atoms with Crippen molar-refractivity contribution in [3.8, 4) is 11.4 Å². The number of nitrogens with zero attached hydrogens (tertiary/aromatic N) is 2. The fourth-order valence-electron chi connectivity index (χ4n) is 1.35. The van der Waals surface area contributed by atoms with Gasteiger partial charge in [0.1, 0.15) is 5.78 Å². The third-order valence-electron chi connectivity index (χ3n) is 2.32. The molecule has 2 aromatic rings. The van der Waals surface area contributed by atoms with Crippen molar-refractivity contribution in [1.82, 2.24) is 9.97 Å². The second-order valence-corrected chi connectivity index (χ2v) is 4.23. The molecule has 0 spiro atoms. The number of pyridine rings is 2.